The number of pyridine rings is 1. The predicted molar refractivity (Wildman–Crippen MR) is 112 cm³/mol. The molecule has 0 aliphatic carbocycles. The van der Waals surface area contributed by atoms with Gasteiger partial charge in [0.15, 0.2) is 0 Å². The minimum absolute atomic E-state index is 0.316. The molecule has 29 heavy (non-hydrogen) atoms. The number of ether oxygens (including phenoxy) is 3. The highest BCUT2D eigenvalue weighted by Gasteiger charge is 2.08. The van der Waals surface area contributed by atoms with Gasteiger partial charge in [0.2, 0.25) is 0 Å². The summed E-state index contributed by atoms with van der Waals surface area (Å²) in [5.74, 6) is 1.31. The first-order valence-corrected chi connectivity index (χ1v) is 9.46. The molecular formula is C23H20ClNO4. The maximum atomic E-state index is 11.7. The summed E-state index contributed by atoms with van der Waals surface area (Å²) in [5.41, 5.74) is 1.66. The number of benzene rings is 2. The summed E-state index contributed by atoms with van der Waals surface area (Å²) in [7, 11) is 0. The van der Waals surface area contributed by atoms with E-state index in [-0.39, 0.29) is 0 Å². The van der Waals surface area contributed by atoms with Gasteiger partial charge in [-0.3, -0.25) is 4.98 Å². The van der Waals surface area contributed by atoms with Crippen LogP contribution in [0.1, 0.15) is 18.1 Å². The third kappa shape index (κ3) is 6.36. The Labute approximate surface area is 174 Å². The van der Waals surface area contributed by atoms with E-state index in [1.165, 1.54) is 6.08 Å². The van der Waals surface area contributed by atoms with Gasteiger partial charge in [-0.25, -0.2) is 4.79 Å². The zero-order valence-electron chi connectivity index (χ0n) is 15.9. The Kier molecular flexibility index (Phi) is 7.25. The molecule has 1 aromatic heterocycles. The molecular weight excluding hydrogens is 390 g/mol. The molecule has 0 aliphatic heterocycles. The monoisotopic (exact) mass is 409 g/mol. The number of hydrogen-bond donors (Lipinski definition) is 0. The van der Waals surface area contributed by atoms with Gasteiger partial charge >= 0.3 is 5.97 Å². The van der Waals surface area contributed by atoms with Crippen molar-refractivity contribution in [3.63, 3.8) is 0 Å². The lowest BCUT2D eigenvalue weighted by Gasteiger charge is -2.12. The summed E-state index contributed by atoms with van der Waals surface area (Å²) in [5, 5.41) is 0.565. The first kappa shape index (κ1) is 20.4. The van der Waals surface area contributed by atoms with E-state index < -0.39 is 5.97 Å². The number of rotatable bonds is 8. The van der Waals surface area contributed by atoms with E-state index >= 15 is 0 Å². The van der Waals surface area contributed by atoms with Crippen molar-refractivity contribution < 1.29 is 19.0 Å². The number of nitrogens with zero attached hydrogens (tertiary/aromatic N) is 1. The Morgan fingerprint density at radius 3 is 2.76 bits per heavy atom. The largest absolute Gasteiger partial charge is 0.489 e. The average molecular weight is 410 g/mol. The number of aromatic nitrogens is 1. The van der Waals surface area contributed by atoms with Gasteiger partial charge in [0.25, 0.3) is 0 Å². The zero-order chi connectivity index (χ0) is 20.5. The molecule has 5 nitrogen and oxygen atoms in total. The zero-order valence-corrected chi connectivity index (χ0v) is 16.6. The summed E-state index contributed by atoms with van der Waals surface area (Å²) in [6.45, 7) is 2.45. The predicted octanol–water partition coefficient (Wildman–Crippen LogP) is 5.68. The fourth-order valence-electron chi connectivity index (χ4n) is 2.49. The first-order valence-electron chi connectivity index (χ1n) is 9.08. The topological polar surface area (TPSA) is 57.7 Å². The Balaban J connectivity index is 1.83. The molecule has 6 heteroatoms. The van der Waals surface area contributed by atoms with E-state index in [0.717, 1.165) is 5.56 Å². The van der Waals surface area contributed by atoms with Crippen LogP contribution in [-0.4, -0.2) is 17.6 Å². The van der Waals surface area contributed by atoms with Gasteiger partial charge in [-0.1, -0.05) is 23.7 Å². The molecule has 3 rings (SSSR count). The molecule has 0 radical (unpaired) electrons. The van der Waals surface area contributed by atoms with Crippen LogP contribution in [-0.2, 0) is 16.1 Å². The van der Waals surface area contributed by atoms with Crippen LogP contribution in [0.15, 0.2) is 73.1 Å². The maximum Gasteiger partial charge on any atom is 0.330 e. The Morgan fingerprint density at radius 1 is 1.10 bits per heavy atom. The molecule has 0 N–H and O–H groups in total. The normalized spacial score (nSPS) is 10.7. The summed E-state index contributed by atoms with van der Waals surface area (Å²) in [4.78, 5) is 15.7. The molecule has 0 aliphatic rings. The van der Waals surface area contributed by atoms with E-state index in [0.29, 0.717) is 41.0 Å². The van der Waals surface area contributed by atoms with Gasteiger partial charge in [0.05, 0.1) is 6.61 Å². The van der Waals surface area contributed by atoms with Crippen molar-refractivity contribution in [3.8, 4) is 17.2 Å². The van der Waals surface area contributed by atoms with E-state index in [9.17, 15) is 4.79 Å². The van der Waals surface area contributed by atoms with Crippen molar-refractivity contribution in [1.29, 1.82) is 0 Å². The van der Waals surface area contributed by atoms with Crippen LogP contribution in [0, 0.1) is 0 Å². The molecule has 1 heterocycles. The lowest BCUT2D eigenvalue weighted by Crippen LogP contribution is -1.99. The highest BCUT2D eigenvalue weighted by atomic mass is 35.5. The van der Waals surface area contributed by atoms with Crippen LogP contribution < -0.4 is 9.47 Å². The van der Waals surface area contributed by atoms with Crippen LogP contribution in [0.4, 0.5) is 0 Å². The van der Waals surface area contributed by atoms with E-state index in [2.05, 4.69) is 4.98 Å². The van der Waals surface area contributed by atoms with Crippen molar-refractivity contribution >= 4 is 23.6 Å². The molecule has 0 saturated carbocycles. The molecule has 0 unspecified atom stereocenters. The van der Waals surface area contributed by atoms with Gasteiger partial charge < -0.3 is 14.2 Å². The van der Waals surface area contributed by atoms with E-state index in [1.54, 1.807) is 55.7 Å². The Bertz CT molecular complexity index is 989. The van der Waals surface area contributed by atoms with Crippen molar-refractivity contribution in [2.24, 2.45) is 0 Å². The number of carbonyl (C=O) groups excluding carboxylic acids is 1. The highest BCUT2D eigenvalue weighted by molar-refractivity contribution is 6.30. The average Bonchev–Trinajstić information content (AvgIpc) is 2.72. The second-order valence-electron chi connectivity index (χ2n) is 5.99. The molecule has 0 bridgehead atoms. The Hall–Kier alpha value is -3.31. The van der Waals surface area contributed by atoms with Crippen molar-refractivity contribution in [1.82, 2.24) is 4.98 Å². The molecule has 3 aromatic rings. The third-order valence-electron chi connectivity index (χ3n) is 3.82. The molecule has 2 aromatic carbocycles. The van der Waals surface area contributed by atoms with Crippen LogP contribution >= 0.6 is 11.6 Å². The second-order valence-corrected chi connectivity index (χ2v) is 6.43. The minimum Gasteiger partial charge on any atom is -0.489 e. The van der Waals surface area contributed by atoms with Gasteiger partial charge in [0.1, 0.15) is 23.9 Å². The smallest absolute Gasteiger partial charge is 0.330 e. The minimum atomic E-state index is -0.418. The summed E-state index contributed by atoms with van der Waals surface area (Å²) in [6, 6.07) is 16.3. The lowest BCUT2D eigenvalue weighted by atomic mass is 10.1. The third-order valence-corrected chi connectivity index (χ3v) is 4.06. The summed E-state index contributed by atoms with van der Waals surface area (Å²) < 4.78 is 16.8. The first-order chi connectivity index (χ1) is 14.1. The quantitative estimate of drug-likeness (QED) is 0.353. The van der Waals surface area contributed by atoms with E-state index in [1.807, 2.05) is 24.3 Å². The Morgan fingerprint density at radius 2 is 2.00 bits per heavy atom. The summed E-state index contributed by atoms with van der Waals surface area (Å²) >= 11 is 6.05. The molecule has 0 fully saturated rings. The molecule has 0 spiro atoms. The molecule has 0 amide bonds. The number of carbonyl (C=O) groups is 1. The van der Waals surface area contributed by atoms with Crippen LogP contribution in [0.2, 0.25) is 5.02 Å². The van der Waals surface area contributed by atoms with Crippen molar-refractivity contribution in [2.75, 3.05) is 6.61 Å². The highest BCUT2D eigenvalue weighted by Crippen LogP contribution is 2.32. The van der Waals surface area contributed by atoms with Crippen molar-refractivity contribution in [3.05, 3.63) is 89.2 Å². The SMILES string of the molecule is CCOC(=O)C=Cc1ccc(OCc2cccnc2)cc1Oc1cccc(Cl)c1. The van der Waals surface area contributed by atoms with Gasteiger partial charge in [-0.2, -0.15) is 0 Å². The fraction of sp³-hybridized carbons (Fsp3) is 0.130. The standard InChI is InChI=1S/C23H20ClNO4/c1-2-27-23(26)11-9-18-8-10-20(28-16-17-5-4-12-25-15-17)14-22(18)29-21-7-3-6-19(24)13-21/h3-15H,2,16H2,1H3. The second kappa shape index (κ2) is 10.3. The number of halogens is 1. The molecule has 0 saturated heterocycles. The van der Waals surface area contributed by atoms with Crippen LogP contribution in [0.5, 0.6) is 17.2 Å². The molecule has 148 valence electrons. The number of esters is 1. The maximum absolute atomic E-state index is 11.7. The van der Waals surface area contributed by atoms with E-state index in [4.69, 9.17) is 25.8 Å². The van der Waals surface area contributed by atoms with Gasteiger partial charge in [0, 0.05) is 40.7 Å². The summed E-state index contributed by atoms with van der Waals surface area (Å²) in [6.07, 6.45) is 6.47. The molecule has 0 atom stereocenters. The fourth-order valence-corrected chi connectivity index (χ4v) is 2.67. The van der Waals surface area contributed by atoms with Gasteiger partial charge in [-0.15, -0.1) is 0 Å². The van der Waals surface area contributed by atoms with Crippen LogP contribution in [0.25, 0.3) is 6.08 Å². The lowest BCUT2D eigenvalue weighted by molar-refractivity contribution is -0.137. The van der Waals surface area contributed by atoms with Gasteiger partial charge in [-0.05, 0) is 49.4 Å². The number of hydrogen-bond acceptors (Lipinski definition) is 5. The van der Waals surface area contributed by atoms with Crippen molar-refractivity contribution in [2.45, 2.75) is 13.5 Å². The van der Waals surface area contributed by atoms with Crippen LogP contribution in [0.3, 0.4) is 0 Å².